The molecule has 2 aromatic carbocycles. The van der Waals surface area contributed by atoms with Crippen LogP contribution in [0.25, 0.3) is 10.9 Å². The fraction of sp³-hybridized carbons (Fsp3) is 0.333. The lowest BCUT2D eigenvalue weighted by atomic mass is 10.1. The van der Waals surface area contributed by atoms with Crippen LogP contribution in [-0.4, -0.2) is 68.1 Å². The van der Waals surface area contributed by atoms with Crippen molar-refractivity contribution >= 4 is 26.6 Å². The molecule has 1 aliphatic heterocycles. The normalized spacial score (nSPS) is 15.0. The molecule has 1 amide bonds. The van der Waals surface area contributed by atoms with Crippen molar-refractivity contribution in [1.29, 1.82) is 5.26 Å². The molecule has 1 N–H and O–H groups in total. The number of hydrogen-bond donors (Lipinski definition) is 1. The highest BCUT2D eigenvalue weighted by Crippen LogP contribution is 2.22. The maximum atomic E-state index is 14.2. The van der Waals surface area contributed by atoms with Gasteiger partial charge in [0.2, 0.25) is 0 Å². The number of nitriles is 1. The average molecular weight is 469 g/mol. The predicted octanol–water partition coefficient (Wildman–Crippen LogP) is 2.97. The highest BCUT2D eigenvalue weighted by Gasteiger charge is 2.25. The number of benzene rings is 2. The van der Waals surface area contributed by atoms with E-state index in [2.05, 4.69) is 16.0 Å². The number of fused-ring (bicyclic) bond motifs is 1. The van der Waals surface area contributed by atoms with Crippen molar-refractivity contribution in [2.24, 2.45) is 0 Å². The van der Waals surface area contributed by atoms with Gasteiger partial charge in [-0.25, -0.2) is 12.8 Å². The van der Waals surface area contributed by atoms with E-state index in [9.17, 15) is 17.6 Å². The lowest BCUT2D eigenvalue weighted by molar-refractivity contribution is 0.0631. The molecule has 1 aliphatic rings. The first kappa shape index (κ1) is 23.0. The molecule has 9 heteroatoms. The average Bonchev–Trinajstić information content (AvgIpc) is 3.20. The number of hydrogen-bond acceptors (Lipinski definition) is 5. The Morgan fingerprint density at radius 1 is 1.15 bits per heavy atom. The maximum Gasteiger partial charge on any atom is 0.256 e. The van der Waals surface area contributed by atoms with E-state index in [1.807, 2.05) is 18.3 Å². The zero-order valence-electron chi connectivity index (χ0n) is 18.3. The molecule has 0 atom stereocenters. The highest BCUT2D eigenvalue weighted by atomic mass is 32.2. The van der Waals surface area contributed by atoms with Crippen molar-refractivity contribution in [2.75, 3.05) is 39.0 Å². The summed E-state index contributed by atoms with van der Waals surface area (Å²) in [6.07, 6.45) is 4.83. The van der Waals surface area contributed by atoms with E-state index < -0.39 is 21.6 Å². The van der Waals surface area contributed by atoms with Crippen molar-refractivity contribution in [3.63, 3.8) is 0 Å². The van der Waals surface area contributed by atoms with Crippen LogP contribution in [0.3, 0.4) is 0 Å². The third-order valence-corrected chi connectivity index (χ3v) is 7.18. The first-order valence-corrected chi connectivity index (χ1v) is 12.7. The predicted molar refractivity (Wildman–Crippen MR) is 123 cm³/mol. The Morgan fingerprint density at radius 2 is 1.91 bits per heavy atom. The molecule has 0 radical (unpaired) electrons. The van der Waals surface area contributed by atoms with Gasteiger partial charge in [0, 0.05) is 49.5 Å². The monoisotopic (exact) mass is 468 g/mol. The standard InChI is InChI=1S/C24H25FN4O3S/c1-33(31,32)19-5-6-22(25)21(14-19)24(30)29-11-9-28(10-12-29)8-2-3-18-16-27-23-7-4-17(15-26)13-20(18)23/h4-7,13-14,16,27H,2-3,8-12H2,1H3. The van der Waals surface area contributed by atoms with E-state index in [1.165, 1.54) is 11.6 Å². The van der Waals surface area contributed by atoms with Crippen LogP contribution in [0, 0.1) is 17.1 Å². The molecule has 0 bridgehead atoms. The number of aryl methyl sites for hydroxylation is 1. The van der Waals surface area contributed by atoms with E-state index in [0.29, 0.717) is 31.7 Å². The summed E-state index contributed by atoms with van der Waals surface area (Å²) in [6.45, 7) is 3.13. The molecular weight excluding hydrogens is 443 g/mol. The molecule has 4 rings (SSSR count). The zero-order chi connectivity index (χ0) is 23.6. The molecule has 0 unspecified atom stereocenters. The molecule has 1 saturated heterocycles. The van der Waals surface area contributed by atoms with E-state index >= 15 is 0 Å². The molecule has 0 aliphatic carbocycles. The minimum atomic E-state index is -3.53. The number of aromatic nitrogens is 1. The Kier molecular flexibility index (Phi) is 6.49. The van der Waals surface area contributed by atoms with Crippen molar-refractivity contribution < 1.29 is 17.6 Å². The smallest absolute Gasteiger partial charge is 0.256 e. The van der Waals surface area contributed by atoms with Crippen molar-refractivity contribution in [3.05, 3.63) is 65.1 Å². The summed E-state index contributed by atoms with van der Waals surface area (Å²) in [4.78, 5) is 19.8. The Morgan fingerprint density at radius 3 is 2.61 bits per heavy atom. The molecule has 172 valence electrons. The Labute approximate surface area is 192 Å². The molecule has 2 heterocycles. The third kappa shape index (κ3) is 5.07. The fourth-order valence-corrected chi connectivity index (χ4v) is 4.84. The van der Waals surface area contributed by atoms with E-state index in [4.69, 9.17) is 5.26 Å². The zero-order valence-corrected chi connectivity index (χ0v) is 19.2. The SMILES string of the molecule is CS(=O)(=O)c1ccc(F)c(C(=O)N2CCN(CCCc3c[nH]c4ccc(C#N)cc34)CC2)c1. The molecule has 1 fully saturated rings. The van der Waals surface area contributed by atoms with E-state index in [-0.39, 0.29) is 10.5 Å². The largest absolute Gasteiger partial charge is 0.361 e. The minimum Gasteiger partial charge on any atom is -0.361 e. The second-order valence-electron chi connectivity index (χ2n) is 8.34. The summed E-state index contributed by atoms with van der Waals surface area (Å²) in [6, 6.07) is 11.1. The van der Waals surface area contributed by atoms with Crippen LogP contribution in [0.2, 0.25) is 0 Å². The molecule has 33 heavy (non-hydrogen) atoms. The Balaban J connectivity index is 1.32. The number of nitrogens with zero attached hydrogens (tertiary/aromatic N) is 3. The lowest BCUT2D eigenvalue weighted by Gasteiger charge is -2.34. The number of H-pyrrole nitrogens is 1. The lowest BCUT2D eigenvalue weighted by Crippen LogP contribution is -2.49. The first-order chi connectivity index (χ1) is 15.8. The minimum absolute atomic E-state index is 0.0648. The van der Waals surface area contributed by atoms with Crippen LogP contribution >= 0.6 is 0 Å². The number of rotatable bonds is 6. The molecule has 0 saturated carbocycles. The molecular formula is C24H25FN4O3S. The van der Waals surface area contributed by atoms with Crippen LogP contribution in [-0.2, 0) is 16.3 Å². The van der Waals surface area contributed by atoms with Crippen LogP contribution < -0.4 is 0 Å². The van der Waals surface area contributed by atoms with Crippen LogP contribution in [0.5, 0.6) is 0 Å². The fourth-order valence-electron chi connectivity index (χ4n) is 4.19. The van der Waals surface area contributed by atoms with Gasteiger partial charge < -0.3 is 9.88 Å². The number of piperazine rings is 1. The molecule has 1 aromatic heterocycles. The number of halogens is 1. The van der Waals surface area contributed by atoms with Gasteiger partial charge >= 0.3 is 0 Å². The maximum absolute atomic E-state index is 14.2. The number of aromatic amines is 1. The molecule has 0 spiro atoms. The van der Waals surface area contributed by atoms with Gasteiger partial charge in [-0.3, -0.25) is 9.69 Å². The second-order valence-corrected chi connectivity index (χ2v) is 10.4. The van der Waals surface area contributed by atoms with Crippen molar-refractivity contribution in [3.8, 4) is 6.07 Å². The van der Waals surface area contributed by atoms with Crippen LogP contribution in [0.1, 0.15) is 27.9 Å². The van der Waals surface area contributed by atoms with Gasteiger partial charge in [-0.05, 0) is 61.3 Å². The quantitative estimate of drug-likeness (QED) is 0.561. The van der Waals surface area contributed by atoms with Gasteiger partial charge in [0.1, 0.15) is 5.82 Å². The van der Waals surface area contributed by atoms with E-state index in [1.54, 1.807) is 11.0 Å². The summed E-state index contributed by atoms with van der Waals surface area (Å²) in [7, 11) is -3.53. The van der Waals surface area contributed by atoms with Crippen molar-refractivity contribution in [1.82, 2.24) is 14.8 Å². The third-order valence-electron chi connectivity index (χ3n) is 6.07. The van der Waals surface area contributed by atoms with Gasteiger partial charge in [-0.15, -0.1) is 0 Å². The summed E-state index contributed by atoms with van der Waals surface area (Å²) >= 11 is 0. The number of nitrogens with one attached hydrogen (secondary N) is 1. The Hall–Kier alpha value is -3.22. The van der Waals surface area contributed by atoms with Gasteiger partial charge in [-0.1, -0.05) is 0 Å². The molecule has 7 nitrogen and oxygen atoms in total. The Bertz CT molecular complexity index is 1340. The number of carbonyl (C=O) groups is 1. The summed E-state index contributed by atoms with van der Waals surface area (Å²) in [5, 5.41) is 10.2. The second kappa shape index (κ2) is 9.33. The first-order valence-electron chi connectivity index (χ1n) is 10.8. The summed E-state index contributed by atoms with van der Waals surface area (Å²) in [5.74, 6) is -1.20. The molecule has 3 aromatic rings. The van der Waals surface area contributed by atoms with Crippen LogP contribution in [0.15, 0.2) is 47.5 Å². The highest BCUT2D eigenvalue weighted by molar-refractivity contribution is 7.90. The summed E-state index contributed by atoms with van der Waals surface area (Å²) < 4.78 is 37.7. The van der Waals surface area contributed by atoms with Gasteiger partial charge in [0.05, 0.1) is 22.1 Å². The topological polar surface area (TPSA) is 97.3 Å². The number of amides is 1. The van der Waals surface area contributed by atoms with Gasteiger partial charge in [0.25, 0.3) is 5.91 Å². The summed E-state index contributed by atoms with van der Waals surface area (Å²) in [5.41, 5.74) is 2.63. The van der Waals surface area contributed by atoms with Crippen LogP contribution in [0.4, 0.5) is 4.39 Å². The number of carbonyl (C=O) groups excluding carboxylic acids is 1. The van der Waals surface area contributed by atoms with Gasteiger partial charge in [0.15, 0.2) is 9.84 Å². The van der Waals surface area contributed by atoms with Gasteiger partial charge in [-0.2, -0.15) is 5.26 Å². The number of sulfone groups is 1. The van der Waals surface area contributed by atoms with E-state index in [0.717, 1.165) is 48.7 Å². The van der Waals surface area contributed by atoms with Crippen molar-refractivity contribution in [2.45, 2.75) is 17.7 Å².